The Morgan fingerprint density at radius 1 is 1.44 bits per heavy atom. The summed E-state index contributed by atoms with van der Waals surface area (Å²) in [6, 6.07) is 0.386. The normalized spacial score (nSPS) is 23.4. The highest BCUT2D eigenvalue weighted by Crippen LogP contribution is 2.30. The van der Waals surface area contributed by atoms with Crippen LogP contribution in [0.1, 0.15) is 39.5 Å². The zero-order valence-electron chi connectivity index (χ0n) is 11.1. The molecule has 1 heterocycles. The van der Waals surface area contributed by atoms with E-state index in [1.165, 1.54) is 0 Å². The largest absolute Gasteiger partial charge is 0.442 e. The number of nitrogens with zero attached hydrogens (tertiary/aromatic N) is 1. The number of cyclic esters (lactones) is 1. The molecule has 2 rings (SSSR count). The number of hydrogen-bond donors (Lipinski definition) is 1. The first-order valence-electron chi connectivity index (χ1n) is 6.90. The molecule has 1 saturated carbocycles. The van der Waals surface area contributed by atoms with Crippen LogP contribution >= 0.6 is 0 Å². The van der Waals surface area contributed by atoms with E-state index in [0.29, 0.717) is 19.1 Å². The Labute approximate surface area is 108 Å². The average molecular weight is 254 g/mol. The Kier molecular flexibility index (Phi) is 4.09. The molecule has 102 valence electrons. The molecular weight excluding hydrogens is 232 g/mol. The molecule has 18 heavy (non-hydrogen) atoms. The lowest BCUT2D eigenvalue weighted by atomic mass is 10.0. The van der Waals surface area contributed by atoms with Crippen molar-refractivity contribution in [1.82, 2.24) is 10.2 Å². The molecule has 0 aromatic heterocycles. The first-order chi connectivity index (χ1) is 8.65. The number of ether oxygens (including phenoxy) is 1. The van der Waals surface area contributed by atoms with Gasteiger partial charge in [-0.1, -0.05) is 13.8 Å². The van der Waals surface area contributed by atoms with Gasteiger partial charge < -0.3 is 15.0 Å². The topological polar surface area (TPSA) is 58.6 Å². The summed E-state index contributed by atoms with van der Waals surface area (Å²) in [6.07, 6.45) is 3.46. The van der Waals surface area contributed by atoms with Crippen molar-refractivity contribution in [1.29, 1.82) is 0 Å². The second-order valence-electron chi connectivity index (χ2n) is 5.15. The number of carbonyl (C=O) groups is 2. The number of nitrogens with one attached hydrogen (secondary N) is 1. The molecule has 1 atom stereocenters. The van der Waals surface area contributed by atoms with Crippen molar-refractivity contribution < 1.29 is 14.3 Å². The van der Waals surface area contributed by atoms with Crippen LogP contribution in [0, 0.1) is 5.92 Å². The molecule has 0 aromatic carbocycles. The van der Waals surface area contributed by atoms with Gasteiger partial charge in [0.2, 0.25) is 5.91 Å². The number of hydrogen-bond acceptors (Lipinski definition) is 3. The SMILES string of the molecule is CCC(CC)C(=O)NCC1CN(C2CC2)C(=O)O1. The third-order valence-corrected chi connectivity index (χ3v) is 3.75. The van der Waals surface area contributed by atoms with Crippen molar-refractivity contribution in [3.8, 4) is 0 Å². The fourth-order valence-electron chi connectivity index (χ4n) is 2.35. The molecule has 5 nitrogen and oxygen atoms in total. The third kappa shape index (κ3) is 2.94. The first kappa shape index (κ1) is 13.2. The highest BCUT2D eigenvalue weighted by Gasteiger charge is 2.40. The summed E-state index contributed by atoms with van der Waals surface area (Å²) in [5.41, 5.74) is 0. The van der Waals surface area contributed by atoms with Crippen LogP contribution < -0.4 is 5.32 Å². The predicted molar refractivity (Wildman–Crippen MR) is 67.1 cm³/mol. The quantitative estimate of drug-likeness (QED) is 0.782. The molecule has 1 unspecified atom stereocenters. The Morgan fingerprint density at radius 3 is 2.67 bits per heavy atom. The lowest BCUT2D eigenvalue weighted by molar-refractivity contribution is -0.125. The fourth-order valence-corrected chi connectivity index (χ4v) is 2.35. The van der Waals surface area contributed by atoms with E-state index < -0.39 is 0 Å². The molecule has 1 N–H and O–H groups in total. The van der Waals surface area contributed by atoms with Crippen LogP contribution in [-0.4, -0.2) is 42.1 Å². The number of rotatable bonds is 6. The minimum absolute atomic E-state index is 0.0703. The minimum Gasteiger partial charge on any atom is -0.442 e. The molecule has 0 aromatic rings. The summed E-state index contributed by atoms with van der Waals surface area (Å²) in [4.78, 5) is 25.1. The Hall–Kier alpha value is -1.26. The molecule has 1 saturated heterocycles. The van der Waals surface area contributed by atoms with Gasteiger partial charge in [-0.05, 0) is 25.7 Å². The maximum absolute atomic E-state index is 11.8. The van der Waals surface area contributed by atoms with Gasteiger partial charge in [-0.15, -0.1) is 0 Å². The summed E-state index contributed by atoms with van der Waals surface area (Å²) < 4.78 is 5.24. The van der Waals surface area contributed by atoms with Crippen molar-refractivity contribution in [2.75, 3.05) is 13.1 Å². The summed E-state index contributed by atoms with van der Waals surface area (Å²) in [5, 5.41) is 2.88. The molecule has 0 spiro atoms. The van der Waals surface area contributed by atoms with E-state index in [9.17, 15) is 9.59 Å². The van der Waals surface area contributed by atoms with Crippen molar-refractivity contribution in [3.05, 3.63) is 0 Å². The molecule has 0 radical (unpaired) electrons. The van der Waals surface area contributed by atoms with Gasteiger partial charge in [0, 0.05) is 12.0 Å². The third-order valence-electron chi connectivity index (χ3n) is 3.75. The molecule has 2 fully saturated rings. The van der Waals surface area contributed by atoms with Crippen LogP contribution in [0.25, 0.3) is 0 Å². The van der Waals surface area contributed by atoms with Gasteiger partial charge >= 0.3 is 6.09 Å². The van der Waals surface area contributed by atoms with Gasteiger partial charge in [0.15, 0.2) is 0 Å². The predicted octanol–water partition coefficient (Wildman–Crippen LogP) is 1.52. The molecule has 0 bridgehead atoms. The molecule has 1 aliphatic carbocycles. The summed E-state index contributed by atoms with van der Waals surface area (Å²) in [6.45, 7) is 5.08. The van der Waals surface area contributed by atoms with Crippen LogP contribution in [0.4, 0.5) is 4.79 Å². The summed E-state index contributed by atoms with van der Waals surface area (Å²) >= 11 is 0. The fraction of sp³-hybridized carbons (Fsp3) is 0.846. The van der Waals surface area contributed by atoms with Gasteiger partial charge in [0.05, 0.1) is 13.1 Å². The van der Waals surface area contributed by atoms with Crippen LogP contribution in [0.15, 0.2) is 0 Å². The second kappa shape index (κ2) is 5.59. The van der Waals surface area contributed by atoms with Crippen LogP contribution in [0.3, 0.4) is 0 Å². The second-order valence-corrected chi connectivity index (χ2v) is 5.15. The number of amides is 2. The molecular formula is C13H22N2O3. The molecule has 1 aliphatic heterocycles. The molecule has 2 amide bonds. The van der Waals surface area contributed by atoms with Crippen LogP contribution in [0.2, 0.25) is 0 Å². The molecule has 5 heteroatoms. The van der Waals surface area contributed by atoms with E-state index in [1.54, 1.807) is 4.90 Å². The van der Waals surface area contributed by atoms with Gasteiger partial charge in [-0.3, -0.25) is 4.79 Å². The zero-order chi connectivity index (χ0) is 13.1. The standard InChI is InChI=1S/C13H22N2O3/c1-3-9(4-2)12(16)14-7-11-8-15(10-5-6-10)13(17)18-11/h9-11H,3-8H2,1-2H3,(H,14,16). The van der Waals surface area contributed by atoms with E-state index in [0.717, 1.165) is 25.7 Å². The first-order valence-corrected chi connectivity index (χ1v) is 6.90. The Morgan fingerprint density at radius 2 is 2.11 bits per heavy atom. The Balaban J connectivity index is 1.74. The monoisotopic (exact) mass is 254 g/mol. The zero-order valence-corrected chi connectivity index (χ0v) is 11.1. The van der Waals surface area contributed by atoms with E-state index in [-0.39, 0.29) is 24.0 Å². The van der Waals surface area contributed by atoms with E-state index >= 15 is 0 Å². The van der Waals surface area contributed by atoms with Crippen molar-refractivity contribution in [3.63, 3.8) is 0 Å². The van der Waals surface area contributed by atoms with Gasteiger partial charge in [0.25, 0.3) is 0 Å². The highest BCUT2D eigenvalue weighted by atomic mass is 16.6. The lowest BCUT2D eigenvalue weighted by Gasteiger charge is -2.15. The van der Waals surface area contributed by atoms with Crippen molar-refractivity contribution in [2.24, 2.45) is 5.92 Å². The van der Waals surface area contributed by atoms with Crippen LogP contribution in [0.5, 0.6) is 0 Å². The maximum atomic E-state index is 11.8. The van der Waals surface area contributed by atoms with Gasteiger partial charge in [-0.25, -0.2) is 4.79 Å². The van der Waals surface area contributed by atoms with Crippen molar-refractivity contribution >= 4 is 12.0 Å². The lowest BCUT2D eigenvalue weighted by Crippen LogP contribution is -2.37. The van der Waals surface area contributed by atoms with Gasteiger partial charge in [0.1, 0.15) is 6.10 Å². The van der Waals surface area contributed by atoms with E-state index in [2.05, 4.69) is 5.32 Å². The average Bonchev–Trinajstić information content (AvgIpc) is 3.12. The maximum Gasteiger partial charge on any atom is 0.410 e. The van der Waals surface area contributed by atoms with Crippen molar-refractivity contribution in [2.45, 2.75) is 51.7 Å². The van der Waals surface area contributed by atoms with Crippen LogP contribution in [-0.2, 0) is 9.53 Å². The summed E-state index contributed by atoms with van der Waals surface area (Å²) in [7, 11) is 0. The minimum atomic E-state index is -0.223. The Bertz CT molecular complexity index is 324. The smallest absolute Gasteiger partial charge is 0.410 e. The molecule has 2 aliphatic rings. The van der Waals surface area contributed by atoms with Gasteiger partial charge in [-0.2, -0.15) is 0 Å². The van der Waals surface area contributed by atoms with E-state index in [1.807, 2.05) is 13.8 Å². The number of carbonyl (C=O) groups excluding carboxylic acids is 2. The summed E-state index contributed by atoms with van der Waals surface area (Å²) in [5.74, 6) is 0.141. The highest BCUT2D eigenvalue weighted by molar-refractivity contribution is 5.78. The van der Waals surface area contributed by atoms with E-state index in [4.69, 9.17) is 4.74 Å².